The van der Waals surface area contributed by atoms with E-state index in [0.29, 0.717) is 5.02 Å². The number of hydrogen-bond donors (Lipinski definition) is 2. The largest absolute Gasteiger partial charge is 0.389 e. The van der Waals surface area contributed by atoms with Crippen LogP contribution in [0.2, 0.25) is 5.02 Å². The number of rotatable bonds is 2. The van der Waals surface area contributed by atoms with Gasteiger partial charge in [-0.3, -0.25) is 5.14 Å². The zero-order valence-electron chi connectivity index (χ0n) is 6.62. The molecule has 0 spiro atoms. The SMILES string of the molecule is CC(O)c1ccc(Cl)c(SN)c1. The Morgan fingerprint density at radius 2 is 2.25 bits per heavy atom. The molecule has 1 aromatic rings. The molecule has 0 aromatic heterocycles. The monoisotopic (exact) mass is 203 g/mol. The molecule has 0 saturated carbocycles. The first-order chi connectivity index (χ1) is 5.65. The first kappa shape index (κ1) is 9.86. The average molecular weight is 204 g/mol. The molecule has 1 unspecified atom stereocenters. The highest BCUT2D eigenvalue weighted by atomic mass is 35.5. The summed E-state index contributed by atoms with van der Waals surface area (Å²) in [5.74, 6) is 0. The predicted octanol–water partition coefficient (Wildman–Crippen LogP) is 2.36. The molecule has 0 aliphatic rings. The van der Waals surface area contributed by atoms with Gasteiger partial charge in [-0.1, -0.05) is 17.7 Å². The Morgan fingerprint density at radius 1 is 1.58 bits per heavy atom. The van der Waals surface area contributed by atoms with E-state index in [-0.39, 0.29) is 0 Å². The molecule has 2 nitrogen and oxygen atoms in total. The number of benzene rings is 1. The number of halogens is 1. The number of aliphatic hydroxyl groups excluding tert-OH is 1. The van der Waals surface area contributed by atoms with Crippen LogP contribution in [-0.4, -0.2) is 5.11 Å². The van der Waals surface area contributed by atoms with E-state index >= 15 is 0 Å². The van der Waals surface area contributed by atoms with Gasteiger partial charge in [0, 0.05) is 4.90 Å². The quantitative estimate of drug-likeness (QED) is 0.726. The number of nitrogens with two attached hydrogens (primary N) is 1. The highest BCUT2D eigenvalue weighted by Crippen LogP contribution is 2.26. The molecule has 4 heteroatoms. The van der Waals surface area contributed by atoms with Gasteiger partial charge in [-0.05, 0) is 36.6 Å². The van der Waals surface area contributed by atoms with Gasteiger partial charge >= 0.3 is 0 Å². The molecule has 0 fully saturated rings. The van der Waals surface area contributed by atoms with E-state index in [1.807, 2.05) is 0 Å². The summed E-state index contributed by atoms with van der Waals surface area (Å²) in [4.78, 5) is 0.787. The fourth-order valence-corrected chi connectivity index (χ4v) is 1.51. The van der Waals surface area contributed by atoms with Crippen LogP contribution in [0.5, 0.6) is 0 Å². The lowest BCUT2D eigenvalue weighted by molar-refractivity contribution is 0.199. The molecule has 0 amide bonds. The van der Waals surface area contributed by atoms with Crippen LogP contribution in [0.1, 0.15) is 18.6 Å². The Labute approximate surface area is 80.9 Å². The third-order valence-electron chi connectivity index (χ3n) is 1.56. The summed E-state index contributed by atoms with van der Waals surface area (Å²) < 4.78 is 0. The second-order valence-corrected chi connectivity index (χ2v) is 3.57. The fraction of sp³-hybridized carbons (Fsp3) is 0.250. The zero-order valence-corrected chi connectivity index (χ0v) is 8.19. The predicted molar refractivity (Wildman–Crippen MR) is 52.1 cm³/mol. The maximum Gasteiger partial charge on any atom is 0.0762 e. The molecule has 0 heterocycles. The highest BCUT2D eigenvalue weighted by Gasteiger charge is 2.04. The summed E-state index contributed by atoms with van der Waals surface area (Å²) in [5.41, 5.74) is 0.826. The van der Waals surface area contributed by atoms with Crippen molar-refractivity contribution >= 4 is 23.5 Å². The van der Waals surface area contributed by atoms with Crippen LogP contribution in [0.3, 0.4) is 0 Å². The van der Waals surface area contributed by atoms with Crippen molar-refractivity contribution in [2.24, 2.45) is 5.14 Å². The Bertz CT molecular complexity index is 278. The van der Waals surface area contributed by atoms with Gasteiger partial charge in [-0.25, -0.2) is 0 Å². The second-order valence-electron chi connectivity index (χ2n) is 2.48. The lowest BCUT2D eigenvalue weighted by Gasteiger charge is -2.06. The van der Waals surface area contributed by atoms with E-state index in [1.165, 1.54) is 0 Å². The van der Waals surface area contributed by atoms with Crippen molar-refractivity contribution in [1.29, 1.82) is 0 Å². The summed E-state index contributed by atoms with van der Waals surface area (Å²) in [6.07, 6.45) is -0.479. The third kappa shape index (κ3) is 2.14. The van der Waals surface area contributed by atoms with Crippen molar-refractivity contribution in [2.75, 3.05) is 0 Å². The molecule has 0 saturated heterocycles. The van der Waals surface area contributed by atoms with E-state index in [2.05, 4.69) is 0 Å². The molecular weight excluding hydrogens is 194 g/mol. The standard InChI is InChI=1S/C8H10ClNOS/c1-5(11)6-2-3-7(9)8(4-6)12-10/h2-5,11H,10H2,1H3. The lowest BCUT2D eigenvalue weighted by Crippen LogP contribution is -1.92. The van der Waals surface area contributed by atoms with Crippen molar-refractivity contribution in [1.82, 2.24) is 0 Å². The molecule has 0 aliphatic carbocycles. The zero-order chi connectivity index (χ0) is 9.14. The van der Waals surface area contributed by atoms with E-state index in [4.69, 9.17) is 16.7 Å². The van der Waals surface area contributed by atoms with E-state index < -0.39 is 6.10 Å². The first-order valence-corrected chi connectivity index (χ1v) is 4.75. The Balaban J connectivity index is 3.05. The van der Waals surface area contributed by atoms with Crippen LogP contribution in [0, 0.1) is 0 Å². The highest BCUT2D eigenvalue weighted by molar-refractivity contribution is 7.97. The van der Waals surface area contributed by atoms with Crippen molar-refractivity contribution in [3.63, 3.8) is 0 Å². The fourth-order valence-electron chi connectivity index (χ4n) is 0.870. The minimum atomic E-state index is -0.479. The normalized spacial score (nSPS) is 13.0. The van der Waals surface area contributed by atoms with Crippen molar-refractivity contribution < 1.29 is 5.11 Å². The van der Waals surface area contributed by atoms with Crippen LogP contribution in [0.15, 0.2) is 23.1 Å². The molecule has 3 N–H and O–H groups in total. The smallest absolute Gasteiger partial charge is 0.0762 e. The Morgan fingerprint density at radius 3 is 2.75 bits per heavy atom. The lowest BCUT2D eigenvalue weighted by atomic mass is 10.1. The molecule has 1 rings (SSSR count). The van der Waals surface area contributed by atoms with Crippen LogP contribution < -0.4 is 5.14 Å². The molecular formula is C8H10ClNOS. The van der Waals surface area contributed by atoms with Gasteiger partial charge in [0.25, 0.3) is 0 Å². The summed E-state index contributed by atoms with van der Waals surface area (Å²) in [6.45, 7) is 1.70. The summed E-state index contributed by atoms with van der Waals surface area (Å²) >= 11 is 6.90. The van der Waals surface area contributed by atoms with Crippen molar-refractivity contribution in [2.45, 2.75) is 17.9 Å². The summed E-state index contributed by atoms with van der Waals surface area (Å²) in [7, 11) is 0. The van der Waals surface area contributed by atoms with Gasteiger partial charge in [0.2, 0.25) is 0 Å². The number of hydrogen-bond acceptors (Lipinski definition) is 3. The summed E-state index contributed by atoms with van der Waals surface area (Å²) in [6, 6.07) is 5.31. The summed E-state index contributed by atoms with van der Waals surface area (Å²) in [5, 5.41) is 15.2. The topological polar surface area (TPSA) is 46.2 Å². The Kier molecular flexibility index (Phi) is 3.40. The maximum absolute atomic E-state index is 9.24. The minimum Gasteiger partial charge on any atom is -0.389 e. The van der Waals surface area contributed by atoms with Gasteiger partial charge in [0.05, 0.1) is 11.1 Å². The van der Waals surface area contributed by atoms with Gasteiger partial charge in [0.15, 0.2) is 0 Å². The molecule has 12 heavy (non-hydrogen) atoms. The first-order valence-electron chi connectivity index (χ1n) is 3.49. The van der Waals surface area contributed by atoms with Gasteiger partial charge in [-0.15, -0.1) is 0 Å². The van der Waals surface area contributed by atoms with Crippen LogP contribution in [0.25, 0.3) is 0 Å². The van der Waals surface area contributed by atoms with Crippen molar-refractivity contribution in [3.05, 3.63) is 28.8 Å². The average Bonchev–Trinajstić information content (AvgIpc) is 2.05. The molecule has 66 valence electrons. The van der Waals surface area contributed by atoms with Crippen molar-refractivity contribution in [3.8, 4) is 0 Å². The Hall–Kier alpha value is -0.220. The van der Waals surface area contributed by atoms with Crippen LogP contribution in [0.4, 0.5) is 0 Å². The third-order valence-corrected chi connectivity index (χ3v) is 2.60. The van der Waals surface area contributed by atoms with Gasteiger partial charge < -0.3 is 5.11 Å². The molecule has 0 radical (unpaired) electrons. The molecule has 0 bridgehead atoms. The minimum absolute atomic E-state index is 0.479. The molecule has 0 aliphatic heterocycles. The number of aliphatic hydroxyl groups is 1. The van der Waals surface area contributed by atoms with E-state index in [0.717, 1.165) is 22.4 Å². The van der Waals surface area contributed by atoms with Gasteiger partial charge in [0.1, 0.15) is 0 Å². The molecule has 1 aromatic carbocycles. The van der Waals surface area contributed by atoms with Crippen LogP contribution in [-0.2, 0) is 0 Å². The maximum atomic E-state index is 9.24. The van der Waals surface area contributed by atoms with E-state index in [9.17, 15) is 5.11 Å². The van der Waals surface area contributed by atoms with Gasteiger partial charge in [-0.2, -0.15) is 0 Å². The second kappa shape index (κ2) is 4.14. The van der Waals surface area contributed by atoms with Crippen LogP contribution >= 0.6 is 23.5 Å². The van der Waals surface area contributed by atoms with E-state index in [1.54, 1.807) is 25.1 Å². The molecule has 1 atom stereocenters.